The molecule has 3 rings (SSSR count). The Kier molecular flexibility index (Phi) is 2.66. The fourth-order valence-electron chi connectivity index (χ4n) is 2.21. The van der Waals surface area contributed by atoms with Gasteiger partial charge in [0.2, 0.25) is 5.88 Å². The first-order chi connectivity index (χ1) is 9.29. The van der Waals surface area contributed by atoms with Gasteiger partial charge < -0.3 is 10.3 Å². The van der Waals surface area contributed by atoms with Gasteiger partial charge in [-0.1, -0.05) is 47.6 Å². The number of hydrogen-bond acceptors (Lipinski definition) is 4. The molecule has 0 bridgehead atoms. The number of anilines is 1. The van der Waals surface area contributed by atoms with Crippen LogP contribution in [0.15, 0.2) is 47.0 Å². The average Bonchev–Trinajstić information content (AvgIpc) is 2.79. The van der Waals surface area contributed by atoms with E-state index in [1.807, 2.05) is 30.3 Å². The quantitative estimate of drug-likeness (QED) is 0.757. The zero-order valence-corrected chi connectivity index (χ0v) is 10.1. The number of nitrogens with two attached hydrogens (primary N) is 1. The van der Waals surface area contributed by atoms with Gasteiger partial charge in [0.1, 0.15) is 17.3 Å². The maximum Gasteiger partial charge on any atom is 0.240 e. The third-order valence-corrected chi connectivity index (χ3v) is 3.14. The van der Waals surface area contributed by atoms with Crippen LogP contribution in [0, 0.1) is 11.3 Å². The van der Waals surface area contributed by atoms with Gasteiger partial charge in [0.15, 0.2) is 0 Å². The van der Waals surface area contributed by atoms with Crippen LogP contribution in [0.2, 0.25) is 0 Å². The highest BCUT2D eigenvalue weighted by molar-refractivity contribution is 5.86. The van der Waals surface area contributed by atoms with E-state index in [4.69, 9.17) is 15.5 Å². The third kappa shape index (κ3) is 1.91. The molecule has 2 aromatic carbocycles. The monoisotopic (exact) mass is 249 g/mol. The maximum atomic E-state index is 9.05. The molecule has 2 N–H and O–H groups in total. The second-order valence-corrected chi connectivity index (χ2v) is 4.30. The summed E-state index contributed by atoms with van der Waals surface area (Å²) in [6, 6.07) is 16.2. The van der Waals surface area contributed by atoms with E-state index in [0.717, 1.165) is 16.3 Å². The van der Waals surface area contributed by atoms with E-state index in [1.165, 1.54) is 0 Å². The van der Waals surface area contributed by atoms with Crippen molar-refractivity contribution in [2.24, 2.45) is 0 Å². The lowest BCUT2D eigenvalue weighted by Crippen LogP contribution is -1.94. The van der Waals surface area contributed by atoms with Gasteiger partial charge in [0.25, 0.3) is 0 Å². The van der Waals surface area contributed by atoms with Gasteiger partial charge >= 0.3 is 0 Å². The second kappa shape index (κ2) is 4.46. The Morgan fingerprint density at radius 2 is 1.95 bits per heavy atom. The normalized spacial score (nSPS) is 10.5. The first kappa shape index (κ1) is 11.3. The summed E-state index contributed by atoms with van der Waals surface area (Å²) in [6.07, 6.45) is 0.533. The van der Waals surface area contributed by atoms with Crippen LogP contribution in [0.1, 0.15) is 16.8 Å². The molecular weight excluding hydrogens is 238 g/mol. The van der Waals surface area contributed by atoms with Crippen LogP contribution in [-0.2, 0) is 6.42 Å². The van der Waals surface area contributed by atoms with E-state index < -0.39 is 0 Å². The molecule has 0 unspecified atom stereocenters. The van der Waals surface area contributed by atoms with Crippen molar-refractivity contribution in [3.05, 3.63) is 59.3 Å². The number of fused-ring (bicyclic) bond motifs is 1. The Balaban J connectivity index is 2.09. The molecule has 92 valence electrons. The molecule has 0 atom stereocenters. The molecule has 0 saturated carbocycles. The number of aromatic nitrogens is 1. The fourth-order valence-corrected chi connectivity index (χ4v) is 2.21. The summed E-state index contributed by atoms with van der Waals surface area (Å²) in [7, 11) is 0. The highest BCUT2D eigenvalue weighted by Gasteiger charge is 2.14. The van der Waals surface area contributed by atoms with Gasteiger partial charge in [-0.15, -0.1) is 0 Å². The smallest absolute Gasteiger partial charge is 0.240 e. The van der Waals surface area contributed by atoms with E-state index in [2.05, 4.69) is 23.4 Å². The fraction of sp³-hybridized carbons (Fsp3) is 0.0667. The molecule has 0 saturated heterocycles. The van der Waals surface area contributed by atoms with Crippen LogP contribution in [0.5, 0.6) is 0 Å². The van der Waals surface area contributed by atoms with Crippen molar-refractivity contribution in [1.29, 1.82) is 5.26 Å². The zero-order chi connectivity index (χ0) is 13.2. The van der Waals surface area contributed by atoms with E-state index >= 15 is 0 Å². The SMILES string of the molecule is N#Cc1c(Cc2cccc3ccccc23)noc1N. The number of rotatable bonds is 2. The molecule has 4 heteroatoms. The molecule has 1 aromatic heterocycles. The molecule has 1 heterocycles. The van der Waals surface area contributed by atoms with Crippen LogP contribution in [0.4, 0.5) is 5.88 Å². The summed E-state index contributed by atoms with van der Waals surface area (Å²) in [5, 5.41) is 15.2. The first-order valence-electron chi connectivity index (χ1n) is 5.90. The van der Waals surface area contributed by atoms with Gasteiger partial charge in [-0.2, -0.15) is 5.26 Å². The number of benzene rings is 2. The highest BCUT2D eigenvalue weighted by atomic mass is 16.5. The predicted octanol–water partition coefficient (Wildman–Crippen LogP) is 2.87. The van der Waals surface area contributed by atoms with Crippen molar-refractivity contribution in [2.45, 2.75) is 6.42 Å². The van der Waals surface area contributed by atoms with Crippen molar-refractivity contribution >= 4 is 16.7 Å². The summed E-state index contributed by atoms with van der Waals surface area (Å²) in [6.45, 7) is 0. The lowest BCUT2D eigenvalue weighted by molar-refractivity contribution is 0.429. The van der Waals surface area contributed by atoms with Gasteiger partial charge in [-0.3, -0.25) is 0 Å². The minimum atomic E-state index is 0.0812. The summed E-state index contributed by atoms with van der Waals surface area (Å²) in [5.41, 5.74) is 7.57. The molecule has 0 aliphatic rings. The Morgan fingerprint density at radius 3 is 2.79 bits per heavy atom. The van der Waals surface area contributed by atoms with Crippen LogP contribution in [0.25, 0.3) is 10.8 Å². The van der Waals surface area contributed by atoms with E-state index in [1.54, 1.807) is 0 Å². The highest BCUT2D eigenvalue weighted by Crippen LogP contribution is 2.23. The molecule has 0 spiro atoms. The standard InChI is InChI=1S/C15H11N3O/c16-9-13-14(18-19-15(13)17)8-11-6-3-5-10-4-1-2-7-12(10)11/h1-7H,8,17H2. The summed E-state index contributed by atoms with van der Waals surface area (Å²) < 4.78 is 4.88. The molecule has 3 aromatic rings. The van der Waals surface area contributed by atoms with Crippen molar-refractivity contribution < 1.29 is 4.52 Å². The summed E-state index contributed by atoms with van der Waals surface area (Å²) in [5.74, 6) is 0.0812. The molecule has 0 aliphatic carbocycles. The van der Waals surface area contributed by atoms with Crippen LogP contribution in [-0.4, -0.2) is 5.16 Å². The summed E-state index contributed by atoms with van der Waals surface area (Å²) >= 11 is 0. The van der Waals surface area contributed by atoms with Gasteiger partial charge in [0.05, 0.1) is 0 Å². The Morgan fingerprint density at radius 1 is 1.16 bits per heavy atom. The predicted molar refractivity (Wildman–Crippen MR) is 72.4 cm³/mol. The number of nitrogens with zero attached hydrogens (tertiary/aromatic N) is 2. The van der Waals surface area contributed by atoms with Crippen LogP contribution < -0.4 is 5.73 Å². The molecule has 0 aliphatic heterocycles. The Bertz CT molecular complexity index is 778. The average molecular weight is 249 g/mol. The minimum Gasteiger partial charge on any atom is -0.366 e. The molecule has 0 radical (unpaired) electrons. The van der Waals surface area contributed by atoms with Crippen molar-refractivity contribution in [1.82, 2.24) is 5.16 Å². The molecule has 0 fully saturated rings. The topological polar surface area (TPSA) is 75.8 Å². The molecule has 19 heavy (non-hydrogen) atoms. The van der Waals surface area contributed by atoms with E-state index in [9.17, 15) is 0 Å². The molecule has 4 nitrogen and oxygen atoms in total. The number of nitrogen functional groups attached to an aromatic ring is 1. The first-order valence-corrected chi connectivity index (χ1v) is 5.90. The largest absolute Gasteiger partial charge is 0.366 e. The zero-order valence-electron chi connectivity index (χ0n) is 10.1. The van der Waals surface area contributed by atoms with Crippen molar-refractivity contribution in [3.63, 3.8) is 0 Å². The second-order valence-electron chi connectivity index (χ2n) is 4.30. The Hall–Kier alpha value is -2.80. The number of hydrogen-bond donors (Lipinski definition) is 1. The van der Waals surface area contributed by atoms with Gasteiger partial charge in [0, 0.05) is 6.42 Å². The van der Waals surface area contributed by atoms with Crippen molar-refractivity contribution in [2.75, 3.05) is 5.73 Å². The molecular formula is C15H11N3O. The minimum absolute atomic E-state index is 0.0812. The molecule has 0 amide bonds. The summed E-state index contributed by atoms with van der Waals surface area (Å²) in [4.78, 5) is 0. The van der Waals surface area contributed by atoms with E-state index in [-0.39, 0.29) is 5.88 Å². The third-order valence-electron chi connectivity index (χ3n) is 3.14. The lowest BCUT2D eigenvalue weighted by atomic mass is 10.00. The van der Waals surface area contributed by atoms with Crippen molar-refractivity contribution in [3.8, 4) is 6.07 Å². The van der Waals surface area contributed by atoms with Gasteiger partial charge in [-0.05, 0) is 16.3 Å². The maximum absolute atomic E-state index is 9.05. The van der Waals surface area contributed by atoms with Crippen LogP contribution >= 0.6 is 0 Å². The van der Waals surface area contributed by atoms with E-state index in [0.29, 0.717) is 17.7 Å². The van der Waals surface area contributed by atoms with Crippen LogP contribution in [0.3, 0.4) is 0 Å². The Labute approximate surface area is 110 Å². The lowest BCUT2D eigenvalue weighted by Gasteiger charge is -2.04. The van der Waals surface area contributed by atoms with Gasteiger partial charge in [-0.25, -0.2) is 0 Å². The number of nitriles is 1.